The zero-order valence-electron chi connectivity index (χ0n) is 21.3. The molecule has 0 unspecified atom stereocenters. The third-order valence-electron chi connectivity index (χ3n) is 8.37. The van der Waals surface area contributed by atoms with Gasteiger partial charge in [-0.3, -0.25) is 19.4 Å². The minimum Gasteiger partial charge on any atom is -0.368 e. The molecule has 1 aromatic heterocycles. The molecule has 7 heteroatoms. The quantitative estimate of drug-likeness (QED) is 0.400. The van der Waals surface area contributed by atoms with Gasteiger partial charge in [-0.25, -0.2) is 4.39 Å². The van der Waals surface area contributed by atoms with E-state index >= 15 is 0 Å². The highest BCUT2D eigenvalue weighted by molar-refractivity contribution is 7.17. The maximum Gasteiger partial charge on any atom is 0.236 e. The Hall–Kier alpha value is -2.77. The Labute approximate surface area is 221 Å². The number of anilines is 2. The van der Waals surface area contributed by atoms with Crippen molar-refractivity contribution < 1.29 is 14.0 Å². The van der Waals surface area contributed by atoms with Gasteiger partial charge in [0, 0.05) is 60.8 Å². The summed E-state index contributed by atoms with van der Waals surface area (Å²) in [5.74, 6) is -0.226. The van der Waals surface area contributed by atoms with Gasteiger partial charge in [0.15, 0.2) is 0 Å². The van der Waals surface area contributed by atoms with Gasteiger partial charge in [-0.05, 0) is 66.5 Å². The van der Waals surface area contributed by atoms with Crippen molar-refractivity contribution in [2.45, 2.75) is 51.4 Å². The van der Waals surface area contributed by atoms with Gasteiger partial charge >= 0.3 is 0 Å². The van der Waals surface area contributed by atoms with Crippen molar-refractivity contribution in [2.75, 3.05) is 42.5 Å². The number of benzene rings is 2. The van der Waals surface area contributed by atoms with Gasteiger partial charge in [0.25, 0.3) is 0 Å². The van der Waals surface area contributed by atoms with Crippen molar-refractivity contribution in [2.24, 2.45) is 5.92 Å². The molecule has 1 saturated carbocycles. The second-order valence-electron chi connectivity index (χ2n) is 10.7. The molecular formula is C30H34FN3O2S. The number of fused-ring (bicyclic) bond motifs is 2. The molecule has 37 heavy (non-hydrogen) atoms. The third-order valence-corrected chi connectivity index (χ3v) is 9.23. The lowest BCUT2D eigenvalue weighted by Crippen LogP contribution is -2.47. The van der Waals surface area contributed by atoms with Crippen LogP contribution in [0.2, 0.25) is 0 Å². The number of amides is 2. The maximum absolute atomic E-state index is 14.2. The van der Waals surface area contributed by atoms with E-state index in [2.05, 4.69) is 34.1 Å². The van der Waals surface area contributed by atoms with Crippen LogP contribution in [0, 0.1) is 11.7 Å². The molecule has 1 saturated heterocycles. The van der Waals surface area contributed by atoms with E-state index in [9.17, 15) is 14.0 Å². The summed E-state index contributed by atoms with van der Waals surface area (Å²) in [4.78, 5) is 32.5. The van der Waals surface area contributed by atoms with E-state index < -0.39 is 0 Å². The second kappa shape index (κ2) is 10.5. The molecule has 0 N–H and O–H groups in total. The van der Waals surface area contributed by atoms with E-state index in [1.165, 1.54) is 16.9 Å². The molecule has 1 aliphatic carbocycles. The number of thiophene rings is 1. The zero-order chi connectivity index (χ0) is 25.4. The number of carbonyl (C=O) groups is 2. The smallest absolute Gasteiger partial charge is 0.236 e. The van der Waals surface area contributed by atoms with E-state index in [4.69, 9.17) is 0 Å². The van der Waals surface area contributed by atoms with Gasteiger partial charge < -0.3 is 4.90 Å². The van der Waals surface area contributed by atoms with Gasteiger partial charge in [0.1, 0.15) is 5.82 Å². The van der Waals surface area contributed by atoms with E-state index in [-0.39, 0.29) is 23.5 Å². The fraction of sp³-hybridized carbons (Fsp3) is 0.467. The lowest BCUT2D eigenvalue weighted by Gasteiger charge is -2.36. The first kappa shape index (κ1) is 24.6. The summed E-state index contributed by atoms with van der Waals surface area (Å²) in [6.45, 7) is 4.53. The number of halogens is 1. The van der Waals surface area contributed by atoms with Crippen molar-refractivity contribution in [3.05, 3.63) is 58.7 Å². The Balaban J connectivity index is 1.10. The van der Waals surface area contributed by atoms with Gasteiger partial charge in [0.2, 0.25) is 11.8 Å². The first-order chi connectivity index (χ1) is 18.1. The van der Waals surface area contributed by atoms with Crippen LogP contribution in [0.3, 0.4) is 0 Å². The third kappa shape index (κ3) is 5.04. The van der Waals surface area contributed by atoms with Crippen LogP contribution in [0.4, 0.5) is 15.8 Å². The van der Waals surface area contributed by atoms with Crippen molar-refractivity contribution in [3.8, 4) is 0 Å². The summed E-state index contributed by atoms with van der Waals surface area (Å²) in [6, 6.07) is 11.7. The summed E-state index contributed by atoms with van der Waals surface area (Å²) in [5, 5.41) is 3.16. The van der Waals surface area contributed by atoms with Crippen molar-refractivity contribution >= 4 is 44.6 Å². The maximum atomic E-state index is 14.2. The fourth-order valence-corrected chi connectivity index (χ4v) is 7.06. The molecule has 0 bridgehead atoms. The van der Waals surface area contributed by atoms with Crippen molar-refractivity contribution in [3.63, 3.8) is 0 Å². The number of piperazine rings is 1. The molecule has 0 radical (unpaired) electrons. The highest BCUT2D eigenvalue weighted by atomic mass is 32.1. The summed E-state index contributed by atoms with van der Waals surface area (Å²) < 4.78 is 15.2. The van der Waals surface area contributed by atoms with Gasteiger partial charge in [-0.15, -0.1) is 11.3 Å². The molecule has 6 rings (SSSR count). The Morgan fingerprint density at radius 1 is 0.946 bits per heavy atom. The lowest BCUT2D eigenvalue weighted by atomic mass is 9.87. The fourth-order valence-electron chi connectivity index (χ4n) is 6.23. The monoisotopic (exact) mass is 519 g/mol. The van der Waals surface area contributed by atoms with E-state index in [1.807, 2.05) is 5.38 Å². The summed E-state index contributed by atoms with van der Waals surface area (Å²) >= 11 is 1.58. The number of hydrogen-bond acceptors (Lipinski definition) is 5. The average molecular weight is 520 g/mol. The summed E-state index contributed by atoms with van der Waals surface area (Å²) in [7, 11) is 0. The summed E-state index contributed by atoms with van der Waals surface area (Å²) in [6.07, 6.45) is 7.15. The highest BCUT2D eigenvalue weighted by Crippen LogP contribution is 2.35. The number of imide groups is 1. The van der Waals surface area contributed by atoms with Gasteiger partial charge in [0.05, 0.1) is 5.69 Å². The Bertz CT molecular complexity index is 1310. The van der Waals surface area contributed by atoms with Crippen LogP contribution in [-0.4, -0.2) is 49.4 Å². The van der Waals surface area contributed by atoms with Crippen LogP contribution in [-0.2, 0) is 22.4 Å². The molecule has 3 aliphatic rings. The van der Waals surface area contributed by atoms with Gasteiger partial charge in [-0.2, -0.15) is 0 Å². The Morgan fingerprint density at radius 3 is 2.57 bits per heavy atom. The minimum absolute atomic E-state index is 0.0102. The van der Waals surface area contributed by atoms with Crippen LogP contribution in [0.15, 0.2) is 41.8 Å². The number of carbonyl (C=O) groups excluding carboxylic acids is 2. The van der Waals surface area contributed by atoms with Crippen LogP contribution >= 0.6 is 11.3 Å². The average Bonchev–Trinajstić information content (AvgIpc) is 3.40. The van der Waals surface area contributed by atoms with Crippen molar-refractivity contribution in [1.29, 1.82) is 0 Å². The standard InChI is InChI=1S/C30H34FN3O2S/c31-24-19-27(25-11-17-37-28(25)20-24)33-15-13-32(14-16-33)12-10-21-6-7-22-8-9-29(35)34(26(22)18-21)30(36)23-4-2-1-3-5-23/h6-7,11,17-20,23H,1-5,8-10,12-16H2. The Kier molecular flexibility index (Phi) is 7.00. The van der Waals surface area contributed by atoms with Crippen molar-refractivity contribution in [1.82, 2.24) is 4.90 Å². The molecular weight excluding hydrogens is 485 g/mol. The zero-order valence-corrected chi connectivity index (χ0v) is 22.1. The molecule has 5 nitrogen and oxygen atoms in total. The van der Waals surface area contributed by atoms with Crippen LogP contribution in [0.25, 0.3) is 10.1 Å². The molecule has 194 valence electrons. The van der Waals surface area contributed by atoms with Gasteiger partial charge in [-0.1, -0.05) is 31.4 Å². The molecule has 0 spiro atoms. The molecule has 2 aromatic carbocycles. The normalized spacial score (nSPS) is 19.4. The molecule has 3 aromatic rings. The molecule has 3 heterocycles. The predicted molar refractivity (Wildman–Crippen MR) is 148 cm³/mol. The topological polar surface area (TPSA) is 43.9 Å². The van der Waals surface area contributed by atoms with E-state index in [0.29, 0.717) is 12.8 Å². The lowest BCUT2D eigenvalue weighted by molar-refractivity contribution is -0.129. The van der Waals surface area contributed by atoms with Crippen LogP contribution in [0.1, 0.15) is 49.7 Å². The number of hydrogen-bond donors (Lipinski definition) is 0. The number of aryl methyl sites for hydroxylation is 1. The largest absolute Gasteiger partial charge is 0.368 e. The van der Waals surface area contributed by atoms with E-state index in [0.717, 1.165) is 91.9 Å². The van der Waals surface area contributed by atoms with Crippen LogP contribution < -0.4 is 9.80 Å². The Morgan fingerprint density at radius 2 is 1.76 bits per heavy atom. The number of rotatable bonds is 5. The minimum atomic E-state index is -0.172. The molecule has 2 aliphatic heterocycles. The molecule has 2 amide bonds. The highest BCUT2D eigenvalue weighted by Gasteiger charge is 2.34. The second-order valence-corrected chi connectivity index (χ2v) is 11.6. The first-order valence-electron chi connectivity index (χ1n) is 13.7. The van der Waals surface area contributed by atoms with Crippen LogP contribution in [0.5, 0.6) is 0 Å². The SMILES string of the molecule is O=C1CCc2ccc(CCN3CCN(c4cc(F)cc5sccc45)CC3)cc2N1C(=O)C1CCCCC1. The van der Waals surface area contributed by atoms with E-state index in [1.54, 1.807) is 23.5 Å². The predicted octanol–water partition coefficient (Wildman–Crippen LogP) is 5.79. The molecule has 2 fully saturated rings. The summed E-state index contributed by atoms with van der Waals surface area (Å²) in [5.41, 5.74) is 4.09. The number of nitrogens with zero attached hydrogens (tertiary/aromatic N) is 3. The molecule has 0 atom stereocenters. The first-order valence-corrected chi connectivity index (χ1v) is 14.6.